The SMILES string of the molecule is CCCCS(=O)(=O)NC(CC)CN. The van der Waals surface area contributed by atoms with Gasteiger partial charge in [0.05, 0.1) is 5.75 Å². The molecule has 0 rings (SSSR count). The van der Waals surface area contributed by atoms with E-state index in [4.69, 9.17) is 5.73 Å². The molecule has 3 N–H and O–H groups in total. The van der Waals surface area contributed by atoms with Crippen molar-refractivity contribution in [1.29, 1.82) is 0 Å². The molecule has 1 unspecified atom stereocenters. The van der Waals surface area contributed by atoms with Gasteiger partial charge in [0.15, 0.2) is 0 Å². The lowest BCUT2D eigenvalue weighted by molar-refractivity contribution is 0.540. The highest BCUT2D eigenvalue weighted by Crippen LogP contribution is 1.97. The summed E-state index contributed by atoms with van der Waals surface area (Å²) < 4.78 is 25.3. The first-order valence-corrected chi connectivity index (χ1v) is 6.41. The van der Waals surface area contributed by atoms with Crippen molar-refractivity contribution >= 4 is 10.0 Å². The number of hydrogen-bond acceptors (Lipinski definition) is 3. The molecule has 0 saturated heterocycles. The van der Waals surface area contributed by atoms with E-state index >= 15 is 0 Å². The maximum absolute atomic E-state index is 11.4. The molecule has 0 aromatic heterocycles. The van der Waals surface area contributed by atoms with E-state index in [1.165, 1.54) is 0 Å². The molecule has 0 fully saturated rings. The Morgan fingerprint density at radius 2 is 2.00 bits per heavy atom. The van der Waals surface area contributed by atoms with Gasteiger partial charge in [0.1, 0.15) is 0 Å². The molecular formula is C8H20N2O2S. The summed E-state index contributed by atoms with van der Waals surface area (Å²) in [6.45, 7) is 4.25. The lowest BCUT2D eigenvalue weighted by Gasteiger charge is -2.14. The van der Waals surface area contributed by atoms with Crippen LogP contribution in [0.25, 0.3) is 0 Å². The zero-order valence-corrected chi connectivity index (χ0v) is 9.23. The number of unbranched alkanes of at least 4 members (excludes halogenated alkanes) is 1. The highest BCUT2D eigenvalue weighted by molar-refractivity contribution is 7.89. The van der Waals surface area contributed by atoms with Gasteiger partial charge in [0.25, 0.3) is 0 Å². The third kappa shape index (κ3) is 6.01. The predicted octanol–water partition coefficient (Wildman–Crippen LogP) is 0.443. The van der Waals surface area contributed by atoms with Crippen LogP contribution in [0.4, 0.5) is 0 Å². The minimum atomic E-state index is -3.10. The fourth-order valence-corrected chi connectivity index (χ4v) is 2.50. The molecule has 13 heavy (non-hydrogen) atoms. The summed E-state index contributed by atoms with van der Waals surface area (Å²) in [5.74, 6) is 0.208. The summed E-state index contributed by atoms with van der Waals surface area (Å²) >= 11 is 0. The molecule has 4 nitrogen and oxygen atoms in total. The standard InChI is InChI=1S/C8H20N2O2S/c1-3-5-6-13(11,12)10-8(4-2)7-9/h8,10H,3-7,9H2,1-2H3. The van der Waals surface area contributed by atoms with Gasteiger partial charge in [-0.05, 0) is 12.8 Å². The molecular weight excluding hydrogens is 188 g/mol. The Labute approximate surface area is 80.9 Å². The topological polar surface area (TPSA) is 72.2 Å². The second-order valence-electron chi connectivity index (χ2n) is 3.13. The van der Waals surface area contributed by atoms with E-state index in [1.54, 1.807) is 0 Å². The third-order valence-electron chi connectivity index (χ3n) is 1.89. The van der Waals surface area contributed by atoms with Crippen molar-refractivity contribution in [3.8, 4) is 0 Å². The molecule has 0 spiro atoms. The van der Waals surface area contributed by atoms with Crippen molar-refractivity contribution in [3.63, 3.8) is 0 Å². The quantitative estimate of drug-likeness (QED) is 0.638. The Morgan fingerprint density at radius 1 is 1.38 bits per heavy atom. The van der Waals surface area contributed by atoms with Gasteiger partial charge in [0, 0.05) is 12.6 Å². The van der Waals surface area contributed by atoms with Crippen molar-refractivity contribution in [2.45, 2.75) is 39.2 Å². The molecule has 0 bridgehead atoms. The lowest BCUT2D eigenvalue weighted by Crippen LogP contribution is -2.40. The Morgan fingerprint density at radius 3 is 2.38 bits per heavy atom. The Bertz CT molecular complexity index is 210. The summed E-state index contributed by atoms with van der Waals surface area (Å²) in [5, 5.41) is 0. The first-order valence-electron chi connectivity index (χ1n) is 4.75. The molecule has 80 valence electrons. The summed E-state index contributed by atoms with van der Waals surface area (Å²) in [4.78, 5) is 0. The Balaban J connectivity index is 4.00. The largest absolute Gasteiger partial charge is 0.329 e. The van der Waals surface area contributed by atoms with Crippen LogP contribution in [-0.2, 0) is 10.0 Å². The van der Waals surface area contributed by atoms with Crippen molar-refractivity contribution in [2.24, 2.45) is 5.73 Å². The first kappa shape index (κ1) is 12.9. The van der Waals surface area contributed by atoms with E-state index in [2.05, 4.69) is 4.72 Å². The third-order valence-corrected chi connectivity index (χ3v) is 3.41. The van der Waals surface area contributed by atoms with Gasteiger partial charge in [-0.1, -0.05) is 20.3 Å². The number of rotatable bonds is 7. The van der Waals surface area contributed by atoms with Gasteiger partial charge in [-0.25, -0.2) is 13.1 Å². The normalized spacial score (nSPS) is 14.4. The fourth-order valence-electron chi connectivity index (χ4n) is 0.945. The van der Waals surface area contributed by atoms with E-state index in [9.17, 15) is 8.42 Å². The molecule has 0 amide bonds. The summed E-state index contributed by atoms with van der Waals surface area (Å²) in [7, 11) is -3.10. The minimum Gasteiger partial charge on any atom is -0.329 e. The molecule has 0 radical (unpaired) electrons. The van der Waals surface area contributed by atoms with Gasteiger partial charge in [-0.3, -0.25) is 0 Å². The van der Waals surface area contributed by atoms with E-state index in [0.29, 0.717) is 13.0 Å². The number of sulfonamides is 1. The van der Waals surface area contributed by atoms with E-state index < -0.39 is 10.0 Å². The van der Waals surface area contributed by atoms with Crippen LogP contribution in [0.15, 0.2) is 0 Å². The smallest absolute Gasteiger partial charge is 0.211 e. The monoisotopic (exact) mass is 208 g/mol. The predicted molar refractivity (Wildman–Crippen MR) is 55.0 cm³/mol. The number of nitrogens with one attached hydrogen (secondary N) is 1. The summed E-state index contributed by atoms with van der Waals surface area (Å²) in [5.41, 5.74) is 5.39. The van der Waals surface area contributed by atoms with Crippen molar-refractivity contribution in [1.82, 2.24) is 4.72 Å². The minimum absolute atomic E-state index is 0.109. The van der Waals surface area contributed by atoms with Crippen LogP contribution in [0.3, 0.4) is 0 Å². The fraction of sp³-hybridized carbons (Fsp3) is 1.00. The van der Waals surface area contributed by atoms with Gasteiger partial charge in [-0.15, -0.1) is 0 Å². The molecule has 0 aromatic carbocycles. The molecule has 0 aliphatic carbocycles. The molecule has 0 aromatic rings. The van der Waals surface area contributed by atoms with E-state index in [0.717, 1.165) is 12.8 Å². The van der Waals surface area contributed by atoms with E-state index in [-0.39, 0.29) is 11.8 Å². The van der Waals surface area contributed by atoms with Crippen LogP contribution in [0.1, 0.15) is 33.1 Å². The molecule has 1 atom stereocenters. The number of nitrogens with two attached hydrogens (primary N) is 1. The van der Waals surface area contributed by atoms with Crippen LogP contribution in [0.5, 0.6) is 0 Å². The van der Waals surface area contributed by atoms with Crippen LogP contribution >= 0.6 is 0 Å². The molecule has 0 aliphatic rings. The van der Waals surface area contributed by atoms with Gasteiger partial charge in [-0.2, -0.15) is 0 Å². The van der Waals surface area contributed by atoms with Crippen molar-refractivity contribution in [2.75, 3.05) is 12.3 Å². The molecule has 0 heterocycles. The van der Waals surface area contributed by atoms with Crippen LogP contribution in [-0.4, -0.2) is 26.8 Å². The zero-order chi connectivity index (χ0) is 10.3. The van der Waals surface area contributed by atoms with E-state index in [1.807, 2.05) is 13.8 Å². The second-order valence-corrected chi connectivity index (χ2v) is 5.00. The average molecular weight is 208 g/mol. The maximum Gasteiger partial charge on any atom is 0.211 e. The highest BCUT2D eigenvalue weighted by Gasteiger charge is 2.14. The van der Waals surface area contributed by atoms with Gasteiger partial charge >= 0.3 is 0 Å². The second kappa shape index (κ2) is 6.34. The maximum atomic E-state index is 11.4. The Hall–Kier alpha value is -0.130. The van der Waals surface area contributed by atoms with Crippen LogP contribution in [0.2, 0.25) is 0 Å². The lowest BCUT2D eigenvalue weighted by atomic mass is 10.2. The van der Waals surface area contributed by atoms with Crippen LogP contribution < -0.4 is 10.5 Å². The Kier molecular flexibility index (Phi) is 6.28. The molecule has 5 heteroatoms. The molecule has 0 saturated carbocycles. The zero-order valence-electron chi connectivity index (χ0n) is 8.41. The molecule has 0 aliphatic heterocycles. The van der Waals surface area contributed by atoms with Crippen molar-refractivity contribution < 1.29 is 8.42 Å². The highest BCUT2D eigenvalue weighted by atomic mass is 32.2. The first-order chi connectivity index (χ1) is 6.05. The summed E-state index contributed by atoms with van der Waals surface area (Å²) in [6, 6.07) is -0.109. The van der Waals surface area contributed by atoms with Gasteiger partial charge in [0.2, 0.25) is 10.0 Å². The number of hydrogen-bond donors (Lipinski definition) is 2. The van der Waals surface area contributed by atoms with Gasteiger partial charge < -0.3 is 5.73 Å². The summed E-state index contributed by atoms with van der Waals surface area (Å²) in [6.07, 6.45) is 2.33. The van der Waals surface area contributed by atoms with Crippen LogP contribution in [0, 0.1) is 0 Å². The average Bonchev–Trinajstić information content (AvgIpc) is 2.11. The van der Waals surface area contributed by atoms with Crippen molar-refractivity contribution in [3.05, 3.63) is 0 Å².